The fourth-order valence-corrected chi connectivity index (χ4v) is 2.38. The lowest BCUT2D eigenvalue weighted by Crippen LogP contribution is -2.30. The molecule has 7 heteroatoms. The number of nitrogens with one attached hydrogen (secondary N) is 1. The molecule has 1 saturated heterocycles. The summed E-state index contributed by atoms with van der Waals surface area (Å²) in [5.41, 5.74) is 0.620. The number of hydrogen-bond donors (Lipinski definition) is 1. The van der Waals surface area contributed by atoms with Gasteiger partial charge in [0.15, 0.2) is 0 Å². The van der Waals surface area contributed by atoms with Crippen LogP contribution in [0.3, 0.4) is 0 Å². The third-order valence-electron chi connectivity index (χ3n) is 3.50. The predicted molar refractivity (Wildman–Crippen MR) is 80.2 cm³/mol. The topological polar surface area (TPSA) is 71.0 Å². The number of carbonyl (C=O) groups excluding carboxylic acids is 1. The van der Waals surface area contributed by atoms with Gasteiger partial charge in [-0.05, 0) is 25.3 Å². The molecule has 2 aromatic rings. The van der Waals surface area contributed by atoms with Gasteiger partial charge in [0.2, 0.25) is 5.95 Å². The first-order chi connectivity index (χ1) is 10.7. The molecule has 114 valence electrons. The zero-order valence-corrected chi connectivity index (χ0v) is 12.0. The number of nitrogens with zero attached hydrogens (tertiary/aromatic N) is 4. The lowest BCUT2D eigenvalue weighted by Gasteiger charge is -2.26. The second-order valence-electron chi connectivity index (χ2n) is 5.17. The van der Waals surface area contributed by atoms with Crippen LogP contribution in [0.5, 0.6) is 0 Å². The molecule has 22 heavy (non-hydrogen) atoms. The van der Waals surface area contributed by atoms with Crippen molar-refractivity contribution in [3.63, 3.8) is 0 Å². The fraction of sp³-hybridized carbons (Fsp3) is 0.333. The molecule has 1 N–H and O–H groups in total. The molecule has 1 aliphatic heterocycles. The minimum atomic E-state index is -0.552. The van der Waals surface area contributed by atoms with E-state index in [1.165, 1.54) is 12.6 Å². The Morgan fingerprint density at radius 1 is 1.09 bits per heavy atom. The molecule has 0 saturated carbocycles. The van der Waals surface area contributed by atoms with Crippen LogP contribution < -0.4 is 10.2 Å². The van der Waals surface area contributed by atoms with Gasteiger partial charge in [0.05, 0.1) is 29.8 Å². The summed E-state index contributed by atoms with van der Waals surface area (Å²) in [4.78, 5) is 26.3. The summed E-state index contributed by atoms with van der Waals surface area (Å²) in [6.45, 7) is 1.92. The SMILES string of the molecule is O=C(Nc1cnc(N2CCCCC2)nc1)c1cncc(F)c1. The van der Waals surface area contributed by atoms with E-state index in [2.05, 4.69) is 25.2 Å². The lowest BCUT2D eigenvalue weighted by molar-refractivity contribution is 0.102. The van der Waals surface area contributed by atoms with E-state index in [0.29, 0.717) is 11.6 Å². The van der Waals surface area contributed by atoms with E-state index >= 15 is 0 Å². The first-order valence-corrected chi connectivity index (χ1v) is 7.21. The van der Waals surface area contributed by atoms with Crippen molar-refractivity contribution in [1.29, 1.82) is 0 Å². The van der Waals surface area contributed by atoms with Gasteiger partial charge in [-0.1, -0.05) is 0 Å². The maximum atomic E-state index is 13.1. The molecule has 1 fully saturated rings. The third-order valence-corrected chi connectivity index (χ3v) is 3.50. The molecule has 0 aromatic carbocycles. The Kier molecular flexibility index (Phi) is 4.22. The van der Waals surface area contributed by atoms with Crippen molar-refractivity contribution in [1.82, 2.24) is 15.0 Å². The zero-order valence-electron chi connectivity index (χ0n) is 12.0. The highest BCUT2D eigenvalue weighted by Crippen LogP contribution is 2.16. The number of hydrogen-bond acceptors (Lipinski definition) is 5. The Balaban J connectivity index is 1.66. The molecule has 0 radical (unpaired) electrons. The van der Waals surface area contributed by atoms with Crippen LogP contribution >= 0.6 is 0 Å². The number of amides is 1. The first-order valence-electron chi connectivity index (χ1n) is 7.21. The van der Waals surface area contributed by atoms with Gasteiger partial charge in [-0.3, -0.25) is 9.78 Å². The van der Waals surface area contributed by atoms with E-state index in [-0.39, 0.29) is 5.56 Å². The van der Waals surface area contributed by atoms with Crippen molar-refractivity contribution >= 4 is 17.5 Å². The van der Waals surface area contributed by atoms with Gasteiger partial charge in [0.25, 0.3) is 5.91 Å². The van der Waals surface area contributed by atoms with Crippen LogP contribution in [0.2, 0.25) is 0 Å². The standard InChI is InChI=1S/C15H16FN5O/c16-12-6-11(7-17-8-12)14(22)20-13-9-18-15(19-10-13)21-4-2-1-3-5-21/h6-10H,1-5H2,(H,20,22). The van der Waals surface area contributed by atoms with Gasteiger partial charge >= 0.3 is 0 Å². The second-order valence-corrected chi connectivity index (χ2v) is 5.17. The minimum Gasteiger partial charge on any atom is -0.341 e. The molecule has 3 rings (SSSR count). The molecule has 0 unspecified atom stereocenters. The summed E-state index contributed by atoms with van der Waals surface area (Å²) in [5.74, 6) is -0.323. The molecule has 0 atom stereocenters. The molecule has 2 aromatic heterocycles. The predicted octanol–water partition coefficient (Wildman–Crippen LogP) is 2.25. The van der Waals surface area contributed by atoms with Gasteiger partial charge in [-0.2, -0.15) is 0 Å². The molecular formula is C15H16FN5O. The number of pyridine rings is 1. The van der Waals surface area contributed by atoms with E-state index in [0.717, 1.165) is 38.2 Å². The van der Waals surface area contributed by atoms with Crippen molar-refractivity contribution in [3.8, 4) is 0 Å². The summed E-state index contributed by atoms with van der Waals surface area (Å²) < 4.78 is 13.1. The van der Waals surface area contributed by atoms with Gasteiger partial charge in [0, 0.05) is 19.3 Å². The van der Waals surface area contributed by atoms with Crippen molar-refractivity contribution in [2.45, 2.75) is 19.3 Å². The number of carbonyl (C=O) groups is 1. The molecule has 0 bridgehead atoms. The summed E-state index contributed by atoms with van der Waals surface area (Å²) >= 11 is 0. The average molecular weight is 301 g/mol. The molecule has 1 aliphatic rings. The Bertz CT molecular complexity index is 655. The zero-order chi connectivity index (χ0) is 15.4. The van der Waals surface area contributed by atoms with Gasteiger partial charge in [0.1, 0.15) is 5.82 Å². The van der Waals surface area contributed by atoms with Crippen molar-refractivity contribution < 1.29 is 9.18 Å². The van der Waals surface area contributed by atoms with Crippen LogP contribution in [0.15, 0.2) is 30.9 Å². The fourth-order valence-electron chi connectivity index (χ4n) is 2.38. The minimum absolute atomic E-state index is 0.153. The normalized spacial score (nSPS) is 14.7. The Morgan fingerprint density at radius 3 is 2.50 bits per heavy atom. The van der Waals surface area contributed by atoms with Crippen LogP contribution in [0.4, 0.5) is 16.0 Å². The van der Waals surface area contributed by atoms with Crippen LogP contribution in [0, 0.1) is 5.82 Å². The average Bonchev–Trinajstić information content (AvgIpc) is 2.56. The van der Waals surface area contributed by atoms with Crippen LogP contribution in [-0.4, -0.2) is 33.9 Å². The van der Waals surface area contributed by atoms with E-state index in [1.54, 1.807) is 12.4 Å². The Labute approximate surface area is 127 Å². The van der Waals surface area contributed by atoms with E-state index in [4.69, 9.17) is 0 Å². The first kappa shape index (κ1) is 14.4. The molecule has 0 aliphatic carbocycles. The Morgan fingerprint density at radius 2 is 1.82 bits per heavy atom. The number of halogens is 1. The monoisotopic (exact) mass is 301 g/mol. The highest BCUT2D eigenvalue weighted by Gasteiger charge is 2.14. The quantitative estimate of drug-likeness (QED) is 0.941. The van der Waals surface area contributed by atoms with E-state index < -0.39 is 11.7 Å². The van der Waals surface area contributed by atoms with Gasteiger partial charge in [-0.15, -0.1) is 0 Å². The number of piperidine rings is 1. The molecule has 0 spiro atoms. The van der Waals surface area contributed by atoms with Crippen molar-refractivity contribution in [2.24, 2.45) is 0 Å². The van der Waals surface area contributed by atoms with Gasteiger partial charge in [-0.25, -0.2) is 14.4 Å². The maximum absolute atomic E-state index is 13.1. The van der Waals surface area contributed by atoms with Gasteiger partial charge < -0.3 is 10.2 Å². The second kappa shape index (κ2) is 6.46. The number of rotatable bonds is 3. The summed E-state index contributed by atoms with van der Waals surface area (Å²) in [6.07, 6.45) is 9.01. The van der Waals surface area contributed by atoms with Crippen LogP contribution in [-0.2, 0) is 0 Å². The largest absolute Gasteiger partial charge is 0.341 e. The van der Waals surface area contributed by atoms with Crippen LogP contribution in [0.1, 0.15) is 29.6 Å². The Hall–Kier alpha value is -2.57. The van der Waals surface area contributed by atoms with E-state index in [1.807, 2.05) is 0 Å². The maximum Gasteiger partial charge on any atom is 0.257 e. The highest BCUT2D eigenvalue weighted by atomic mass is 19.1. The summed E-state index contributed by atoms with van der Waals surface area (Å²) in [6, 6.07) is 1.13. The smallest absolute Gasteiger partial charge is 0.257 e. The molecular weight excluding hydrogens is 285 g/mol. The van der Waals surface area contributed by atoms with Crippen molar-refractivity contribution in [2.75, 3.05) is 23.3 Å². The number of aromatic nitrogens is 3. The number of anilines is 2. The van der Waals surface area contributed by atoms with Crippen molar-refractivity contribution in [3.05, 3.63) is 42.2 Å². The van der Waals surface area contributed by atoms with E-state index in [9.17, 15) is 9.18 Å². The molecule has 1 amide bonds. The summed E-state index contributed by atoms with van der Waals surface area (Å²) in [7, 11) is 0. The molecule has 6 nitrogen and oxygen atoms in total. The molecule has 3 heterocycles. The third kappa shape index (κ3) is 3.36. The summed E-state index contributed by atoms with van der Waals surface area (Å²) in [5, 5.41) is 2.63. The van der Waals surface area contributed by atoms with Crippen LogP contribution in [0.25, 0.3) is 0 Å². The highest BCUT2D eigenvalue weighted by molar-refractivity contribution is 6.03. The lowest BCUT2D eigenvalue weighted by atomic mass is 10.1.